The highest BCUT2D eigenvalue weighted by Crippen LogP contribution is 2.27. The van der Waals surface area contributed by atoms with Gasteiger partial charge in [0, 0.05) is 18.0 Å². The van der Waals surface area contributed by atoms with Crippen LogP contribution in [0.25, 0.3) is 0 Å². The molecule has 0 aromatic heterocycles. The SMILES string of the molecule is C[C@H]([NH3+])c1ccccc1.NC(=O)[C@H](CC(=O)[O-])c1ccc(Cl)c(Cl)c1. The molecule has 5 N–H and O–H groups in total. The van der Waals surface area contributed by atoms with Gasteiger partial charge >= 0.3 is 0 Å². The highest BCUT2D eigenvalue weighted by atomic mass is 35.5. The van der Waals surface area contributed by atoms with E-state index >= 15 is 0 Å². The molecule has 2 aromatic rings. The second-order valence-electron chi connectivity index (χ2n) is 5.52. The van der Waals surface area contributed by atoms with Crippen molar-refractivity contribution in [3.8, 4) is 0 Å². The zero-order valence-corrected chi connectivity index (χ0v) is 15.3. The van der Waals surface area contributed by atoms with Gasteiger partial charge in [-0.3, -0.25) is 4.79 Å². The second-order valence-corrected chi connectivity index (χ2v) is 6.33. The number of primary amides is 1. The topological polar surface area (TPSA) is 111 Å². The van der Waals surface area contributed by atoms with Gasteiger partial charge in [-0.25, -0.2) is 0 Å². The Bertz CT molecular complexity index is 722. The van der Waals surface area contributed by atoms with Gasteiger partial charge in [-0.2, -0.15) is 0 Å². The summed E-state index contributed by atoms with van der Waals surface area (Å²) in [4.78, 5) is 21.5. The van der Waals surface area contributed by atoms with E-state index in [9.17, 15) is 14.7 Å². The first kappa shape index (κ1) is 21.0. The Kier molecular flexibility index (Phi) is 8.41. The number of rotatable bonds is 5. The fraction of sp³-hybridized carbons (Fsp3) is 0.222. The predicted molar refractivity (Wildman–Crippen MR) is 95.8 cm³/mol. The summed E-state index contributed by atoms with van der Waals surface area (Å²) >= 11 is 11.4. The van der Waals surface area contributed by atoms with E-state index in [0.717, 1.165) is 0 Å². The van der Waals surface area contributed by atoms with E-state index in [0.29, 0.717) is 16.6 Å². The zero-order valence-electron chi connectivity index (χ0n) is 13.7. The van der Waals surface area contributed by atoms with Crippen molar-refractivity contribution in [1.82, 2.24) is 0 Å². The van der Waals surface area contributed by atoms with Crippen LogP contribution in [-0.4, -0.2) is 11.9 Å². The molecule has 0 aliphatic heterocycles. The molecule has 0 aliphatic rings. The van der Waals surface area contributed by atoms with Gasteiger partial charge in [0.15, 0.2) is 0 Å². The lowest BCUT2D eigenvalue weighted by Crippen LogP contribution is -2.51. The number of benzene rings is 2. The third-order valence-electron chi connectivity index (χ3n) is 3.43. The lowest BCUT2D eigenvalue weighted by atomic mass is 9.95. The monoisotopic (exact) mass is 382 g/mol. The quantitative estimate of drug-likeness (QED) is 0.820. The molecule has 2 aromatic carbocycles. The van der Waals surface area contributed by atoms with Gasteiger partial charge < -0.3 is 21.4 Å². The molecule has 0 heterocycles. The highest BCUT2D eigenvalue weighted by molar-refractivity contribution is 6.42. The van der Waals surface area contributed by atoms with Crippen molar-refractivity contribution in [1.29, 1.82) is 0 Å². The largest absolute Gasteiger partial charge is 0.550 e. The summed E-state index contributed by atoms with van der Waals surface area (Å²) < 4.78 is 0. The van der Waals surface area contributed by atoms with Crippen LogP contribution < -0.4 is 16.6 Å². The van der Waals surface area contributed by atoms with Crippen LogP contribution in [-0.2, 0) is 9.59 Å². The summed E-state index contributed by atoms with van der Waals surface area (Å²) in [5, 5.41) is 11.0. The van der Waals surface area contributed by atoms with Crippen LogP contribution in [0.3, 0.4) is 0 Å². The zero-order chi connectivity index (χ0) is 19.0. The van der Waals surface area contributed by atoms with Crippen molar-refractivity contribution < 1.29 is 20.4 Å². The van der Waals surface area contributed by atoms with Gasteiger partial charge in [-0.15, -0.1) is 0 Å². The minimum atomic E-state index is -1.35. The van der Waals surface area contributed by atoms with Crippen molar-refractivity contribution in [3.63, 3.8) is 0 Å². The van der Waals surface area contributed by atoms with Crippen molar-refractivity contribution in [2.24, 2.45) is 5.73 Å². The fourth-order valence-corrected chi connectivity index (χ4v) is 2.37. The molecule has 0 saturated heterocycles. The molecule has 5 nitrogen and oxygen atoms in total. The Hall–Kier alpha value is -2.08. The summed E-state index contributed by atoms with van der Waals surface area (Å²) in [5.74, 6) is -3.06. The third kappa shape index (κ3) is 7.13. The van der Waals surface area contributed by atoms with Crippen LogP contribution in [0.2, 0.25) is 10.0 Å². The molecule has 0 spiro atoms. The van der Waals surface area contributed by atoms with Crippen LogP contribution in [0.15, 0.2) is 48.5 Å². The number of aliphatic carboxylic acids is 1. The van der Waals surface area contributed by atoms with Crippen LogP contribution in [0.5, 0.6) is 0 Å². The van der Waals surface area contributed by atoms with Crippen molar-refractivity contribution >= 4 is 35.1 Å². The molecular weight excluding hydrogens is 363 g/mol. The van der Waals surface area contributed by atoms with Crippen molar-refractivity contribution in [3.05, 3.63) is 69.7 Å². The molecule has 0 bridgehead atoms. The van der Waals surface area contributed by atoms with Gasteiger partial charge in [0.2, 0.25) is 5.91 Å². The Morgan fingerprint density at radius 1 is 1.08 bits per heavy atom. The molecular formula is C18H20Cl2N2O3. The molecule has 134 valence electrons. The molecule has 1 amide bonds. The maximum atomic E-state index is 11.1. The summed E-state index contributed by atoms with van der Waals surface area (Å²) in [6.45, 7) is 2.09. The van der Waals surface area contributed by atoms with Crippen LogP contribution >= 0.6 is 23.2 Å². The normalized spacial score (nSPS) is 12.5. The van der Waals surface area contributed by atoms with Crippen LogP contribution in [0, 0.1) is 0 Å². The molecule has 0 aliphatic carbocycles. The van der Waals surface area contributed by atoms with E-state index in [-0.39, 0.29) is 5.02 Å². The molecule has 0 saturated carbocycles. The van der Waals surface area contributed by atoms with Gasteiger partial charge in [-0.05, 0) is 24.6 Å². The Balaban J connectivity index is 0.000000293. The number of carboxylic acid groups (broad SMARTS) is 1. The molecule has 7 heteroatoms. The van der Waals surface area contributed by atoms with E-state index in [2.05, 4.69) is 24.8 Å². The number of carbonyl (C=O) groups is 2. The van der Waals surface area contributed by atoms with Crippen LogP contribution in [0.4, 0.5) is 0 Å². The molecule has 0 fully saturated rings. The Labute approximate surface area is 156 Å². The molecule has 2 rings (SSSR count). The smallest absolute Gasteiger partial charge is 0.225 e. The second kappa shape index (κ2) is 10.0. The van der Waals surface area contributed by atoms with E-state index in [1.165, 1.54) is 23.8 Å². The van der Waals surface area contributed by atoms with E-state index in [1.807, 2.05) is 18.2 Å². The lowest BCUT2D eigenvalue weighted by Gasteiger charge is -2.14. The van der Waals surface area contributed by atoms with Crippen molar-refractivity contribution in [2.45, 2.75) is 25.3 Å². The maximum Gasteiger partial charge on any atom is 0.225 e. The third-order valence-corrected chi connectivity index (χ3v) is 4.17. The number of carboxylic acids is 1. The predicted octanol–water partition coefficient (Wildman–Crippen LogP) is 1.69. The Morgan fingerprint density at radius 3 is 2.08 bits per heavy atom. The number of hydrogen-bond donors (Lipinski definition) is 2. The summed E-state index contributed by atoms with van der Waals surface area (Å²) in [6.07, 6.45) is -0.479. The van der Waals surface area contributed by atoms with E-state index in [4.69, 9.17) is 28.9 Å². The summed E-state index contributed by atoms with van der Waals surface area (Å²) in [6, 6.07) is 15.1. The first-order valence-corrected chi connectivity index (χ1v) is 8.30. The molecule has 2 atom stereocenters. The highest BCUT2D eigenvalue weighted by Gasteiger charge is 2.18. The van der Waals surface area contributed by atoms with Gasteiger partial charge in [-0.1, -0.05) is 59.6 Å². The minimum Gasteiger partial charge on any atom is -0.550 e. The van der Waals surface area contributed by atoms with Crippen LogP contribution in [0.1, 0.15) is 36.4 Å². The minimum absolute atomic E-state index is 0.240. The van der Waals surface area contributed by atoms with Gasteiger partial charge in [0.1, 0.15) is 6.04 Å². The van der Waals surface area contributed by atoms with E-state index in [1.54, 1.807) is 0 Å². The molecule has 0 unspecified atom stereocenters. The number of amides is 1. The molecule has 0 radical (unpaired) electrons. The average molecular weight is 383 g/mol. The summed E-state index contributed by atoms with van der Waals surface area (Å²) in [5.41, 5.74) is 10.7. The number of nitrogens with two attached hydrogens (primary N) is 1. The van der Waals surface area contributed by atoms with E-state index < -0.39 is 24.2 Å². The fourth-order valence-electron chi connectivity index (χ4n) is 2.06. The standard InChI is InChI=1S/C10H9Cl2NO3.C8H11N/c11-7-2-1-5(3-8(7)12)6(10(13)16)4-9(14)15;1-7(9)8-5-3-2-4-6-8/h1-3,6H,4H2,(H2,13,16)(H,14,15);2-7H,9H2,1H3/t6-;7-/m10/s1. The lowest BCUT2D eigenvalue weighted by molar-refractivity contribution is -0.420. The first-order chi connectivity index (χ1) is 11.7. The summed E-state index contributed by atoms with van der Waals surface area (Å²) in [7, 11) is 0. The van der Waals surface area contributed by atoms with Gasteiger partial charge in [0.05, 0.1) is 16.0 Å². The van der Waals surface area contributed by atoms with Gasteiger partial charge in [0.25, 0.3) is 0 Å². The number of halogens is 2. The number of quaternary nitrogens is 1. The number of carbonyl (C=O) groups excluding carboxylic acids is 2. The maximum absolute atomic E-state index is 11.1. The average Bonchev–Trinajstić information content (AvgIpc) is 2.56. The molecule has 25 heavy (non-hydrogen) atoms. The first-order valence-electron chi connectivity index (χ1n) is 7.54. The number of hydrogen-bond acceptors (Lipinski definition) is 3. The Morgan fingerprint density at radius 2 is 1.68 bits per heavy atom. The van der Waals surface area contributed by atoms with Crippen molar-refractivity contribution in [2.75, 3.05) is 0 Å².